The van der Waals surface area contributed by atoms with E-state index in [0.717, 1.165) is 12.8 Å². The molecule has 3 aliphatic heterocycles. The van der Waals surface area contributed by atoms with E-state index in [4.69, 9.17) is 14.2 Å². The highest BCUT2D eigenvalue weighted by molar-refractivity contribution is 7.94. The number of hydrogen-bond donors (Lipinski definition) is 2. The molecule has 13 heteroatoms. The quantitative estimate of drug-likeness (QED) is 0.508. The van der Waals surface area contributed by atoms with Crippen LogP contribution in [0.15, 0.2) is 35.1 Å². The molecule has 0 saturated carbocycles. The van der Waals surface area contributed by atoms with Crippen LogP contribution in [-0.2, 0) is 19.2 Å². The number of fused-ring (bicyclic) bond motifs is 2. The van der Waals surface area contributed by atoms with Crippen molar-refractivity contribution in [1.82, 2.24) is 14.6 Å². The second-order valence-corrected chi connectivity index (χ2v) is 12.0. The lowest BCUT2D eigenvalue weighted by Gasteiger charge is -2.20. The largest absolute Gasteiger partial charge is 0.483 e. The SMILES string of the molecule is Cc1c(C(=O)N=S2(=O)CCCC2)cn2ncnc(Nc3ccc(F)cc3O[C@@H]3CO[C@H]4[C@@H]3OC[C@H]4O)c12. The Hall–Kier alpha value is -3.13. The zero-order valence-electron chi connectivity index (χ0n) is 20.0. The number of aliphatic hydroxyl groups excluding tert-OH is 1. The van der Waals surface area contributed by atoms with Crippen LogP contribution in [0.3, 0.4) is 0 Å². The summed E-state index contributed by atoms with van der Waals surface area (Å²) in [6.07, 6.45) is 2.25. The van der Waals surface area contributed by atoms with Crippen LogP contribution in [0, 0.1) is 12.7 Å². The van der Waals surface area contributed by atoms with Gasteiger partial charge in [0.1, 0.15) is 41.7 Å². The maximum atomic E-state index is 14.2. The Bertz CT molecular complexity index is 1490. The number of aliphatic hydroxyl groups is 1. The van der Waals surface area contributed by atoms with Crippen molar-refractivity contribution in [3.8, 4) is 5.75 Å². The normalized spacial score (nSPS) is 26.4. The van der Waals surface area contributed by atoms with Gasteiger partial charge in [0.15, 0.2) is 11.9 Å². The third kappa shape index (κ3) is 4.45. The number of benzene rings is 1. The van der Waals surface area contributed by atoms with E-state index < -0.39 is 45.9 Å². The van der Waals surface area contributed by atoms with Crippen LogP contribution in [0.5, 0.6) is 5.75 Å². The number of hydrogen-bond acceptors (Lipinski definition) is 9. The molecule has 3 aliphatic rings. The van der Waals surface area contributed by atoms with Gasteiger partial charge in [-0.2, -0.15) is 9.46 Å². The van der Waals surface area contributed by atoms with Crippen molar-refractivity contribution >= 4 is 32.7 Å². The minimum Gasteiger partial charge on any atom is -0.483 e. The number of anilines is 2. The third-order valence-corrected chi connectivity index (χ3v) is 9.29. The van der Waals surface area contributed by atoms with Crippen LogP contribution in [0.1, 0.15) is 28.8 Å². The lowest BCUT2D eigenvalue weighted by Crippen LogP contribution is -2.34. The van der Waals surface area contributed by atoms with Gasteiger partial charge in [0.25, 0.3) is 5.91 Å². The molecule has 5 heterocycles. The highest BCUT2D eigenvalue weighted by Gasteiger charge is 2.48. The number of aromatic nitrogens is 3. The molecule has 0 unspecified atom stereocenters. The number of carbonyl (C=O) groups excluding carboxylic acids is 1. The molecule has 6 rings (SSSR count). The van der Waals surface area contributed by atoms with Gasteiger partial charge in [-0.15, -0.1) is 0 Å². The molecule has 3 aromatic rings. The molecular weight excluding hydrogens is 505 g/mol. The minimum atomic E-state index is -2.52. The Balaban J connectivity index is 1.31. The highest BCUT2D eigenvalue weighted by atomic mass is 32.2. The Labute approximate surface area is 212 Å². The van der Waals surface area contributed by atoms with Gasteiger partial charge in [-0.1, -0.05) is 0 Å². The first-order chi connectivity index (χ1) is 17.8. The summed E-state index contributed by atoms with van der Waals surface area (Å²) < 4.78 is 49.8. The van der Waals surface area contributed by atoms with E-state index in [0.29, 0.717) is 39.7 Å². The summed E-state index contributed by atoms with van der Waals surface area (Å²) in [6.45, 7) is 2.09. The average Bonchev–Trinajstić information content (AvgIpc) is 3.63. The van der Waals surface area contributed by atoms with Gasteiger partial charge in [-0.05, 0) is 37.5 Å². The molecule has 0 aliphatic carbocycles. The summed E-state index contributed by atoms with van der Waals surface area (Å²) in [5.41, 5.74) is 1.81. The molecule has 37 heavy (non-hydrogen) atoms. The van der Waals surface area contributed by atoms with Gasteiger partial charge in [0.05, 0.1) is 34.2 Å². The van der Waals surface area contributed by atoms with Crippen LogP contribution >= 0.6 is 0 Å². The summed E-state index contributed by atoms with van der Waals surface area (Å²) in [6, 6.07) is 4.05. The number of amides is 1. The number of halogens is 1. The van der Waals surface area contributed by atoms with E-state index in [2.05, 4.69) is 19.8 Å². The van der Waals surface area contributed by atoms with Crippen LogP contribution in [0.4, 0.5) is 15.9 Å². The van der Waals surface area contributed by atoms with Crippen molar-refractivity contribution in [2.45, 2.75) is 44.2 Å². The molecule has 0 spiro atoms. The first-order valence-electron chi connectivity index (χ1n) is 12.1. The van der Waals surface area contributed by atoms with Crippen molar-refractivity contribution in [2.75, 3.05) is 30.0 Å². The zero-order valence-corrected chi connectivity index (χ0v) is 20.8. The Kier molecular flexibility index (Phi) is 6.10. The molecule has 2 aromatic heterocycles. The fourth-order valence-corrected chi connectivity index (χ4v) is 7.15. The van der Waals surface area contributed by atoms with Gasteiger partial charge >= 0.3 is 0 Å². The molecule has 196 valence electrons. The van der Waals surface area contributed by atoms with Gasteiger partial charge in [-0.3, -0.25) is 4.79 Å². The first kappa shape index (κ1) is 24.2. The van der Waals surface area contributed by atoms with Crippen molar-refractivity contribution in [3.63, 3.8) is 0 Å². The predicted octanol–water partition coefficient (Wildman–Crippen LogP) is 2.23. The second-order valence-electron chi connectivity index (χ2n) is 9.44. The van der Waals surface area contributed by atoms with E-state index in [-0.39, 0.29) is 19.0 Å². The van der Waals surface area contributed by atoms with E-state index in [1.165, 1.54) is 29.0 Å². The number of nitrogens with one attached hydrogen (secondary N) is 1. The minimum absolute atomic E-state index is 0.151. The van der Waals surface area contributed by atoms with E-state index >= 15 is 0 Å². The standard InChI is InChI=1S/C24H26FN5O6S/c1-13-15(24(32)29-37(33)6-2-3-7-37)9-30-20(13)23(26-12-27-30)28-16-5-4-14(25)8-18(16)36-19-11-35-21-17(31)10-34-22(19)21/h4-5,8-9,12,17,19,21-22,31H,2-3,6-7,10-11H2,1H3,(H,26,27,28)/t17-,19-,21-,22-/m1/s1. The zero-order chi connectivity index (χ0) is 25.7. The molecule has 3 saturated heterocycles. The molecule has 0 radical (unpaired) electrons. The molecule has 0 bridgehead atoms. The van der Waals surface area contributed by atoms with Gasteiger partial charge in [0, 0.05) is 23.8 Å². The highest BCUT2D eigenvalue weighted by Crippen LogP contribution is 2.35. The number of nitrogens with zero attached hydrogens (tertiary/aromatic N) is 4. The van der Waals surface area contributed by atoms with Crippen LogP contribution in [0.25, 0.3) is 5.52 Å². The molecule has 3 fully saturated rings. The summed E-state index contributed by atoms with van der Waals surface area (Å²) >= 11 is 0. The van der Waals surface area contributed by atoms with Crippen LogP contribution in [-0.4, -0.2) is 79.0 Å². The molecule has 2 N–H and O–H groups in total. The van der Waals surface area contributed by atoms with Crippen molar-refractivity contribution in [2.24, 2.45) is 4.36 Å². The summed E-state index contributed by atoms with van der Waals surface area (Å²) in [7, 11) is -2.52. The molecule has 1 amide bonds. The Morgan fingerprint density at radius 1 is 1.27 bits per heavy atom. The van der Waals surface area contributed by atoms with E-state index in [9.17, 15) is 18.5 Å². The molecule has 11 nitrogen and oxygen atoms in total. The summed E-state index contributed by atoms with van der Waals surface area (Å²) in [4.78, 5) is 17.3. The number of carbonyl (C=O) groups is 1. The number of aryl methyl sites for hydroxylation is 1. The van der Waals surface area contributed by atoms with Crippen LogP contribution < -0.4 is 10.1 Å². The number of rotatable bonds is 5. The topological polar surface area (TPSA) is 137 Å². The molecular formula is C24H26FN5O6S. The maximum Gasteiger partial charge on any atom is 0.287 e. The predicted molar refractivity (Wildman–Crippen MR) is 131 cm³/mol. The Morgan fingerprint density at radius 2 is 2.05 bits per heavy atom. The smallest absolute Gasteiger partial charge is 0.287 e. The van der Waals surface area contributed by atoms with Crippen molar-refractivity contribution < 1.29 is 32.7 Å². The lowest BCUT2D eigenvalue weighted by molar-refractivity contribution is 0.00871. The monoisotopic (exact) mass is 531 g/mol. The van der Waals surface area contributed by atoms with Gasteiger partial charge in [0.2, 0.25) is 0 Å². The van der Waals surface area contributed by atoms with Gasteiger partial charge in [-0.25, -0.2) is 18.1 Å². The molecule has 1 aromatic carbocycles. The Morgan fingerprint density at radius 3 is 2.86 bits per heavy atom. The van der Waals surface area contributed by atoms with E-state index in [1.807, 2.05) is 0 Å². The molecule has 4 atom stereocenters. The maximum absolute atomic E-state index is 14.2. The average molecular weight is 532 g/mol. The fraction of sp³-hybridized carbons (Fsp3) is 0.458. The van der Waals surface area contributed by atoms with Gasteiger partial charge < -0.3 is 24.6 Å². The lowest BCUT2D eigenvalue weighted by atomic mass is 10.1. The van der Waals surface area contributed by atoms with Crippen LogP contribution in [0.2, 0.25) is 0 Å². The first-order valence-corrected chi connectivity index (χ1v) is 13.9. The van der Waals surface area contributed by atoms with Crippen molar-refractivity contribution in [1.29, 1.82) is 0 Å². The summed E-state index contributed by atoms with van der Waals surface area (Å²) in [5, 5.41) is 17.4. The summed E-state index contributed by atoms with van der Waals surface area (Å²) in [5.74, 6) is 0.406. The third-order valence-electron chi connectivity index (χ3n) is 6.94. The fourth-order valence-electron chi connectivity index (χ4n) is 5.05. The van der Waals surface area contributed by atoms with E-state index in [1.54, 1.807) is 13.1 Å². The second kappa shape index (κ2) is 9.31. The van der Waals surface area contributed by atoms with Crippen molar-refractivity contribution in [3.05, 3.63) is 47.7 Å². The number of ether oxygens (including phenoxy) is 3.